The van der Waals surface area contributed by atoms with Crippen molar-refractivity contribution in [3.8, 4) is 0 Å². The second kappa shape index (κ2) is 11.2. The molecule has 0 aromatic heterocycles. The van der Waals surface area contributed by atoms with Gasteiger partial charge in [-0.1, -0.05) is 46.1 Å². The zero-order valence-corrected chi connectivity index (χ0v) is 13.9. The molecule has 0 saturated heterocycles. The smallest absolute Gasteiger partial charge is 0.196 e. The van der Waals surface area contributed by atoms with Crippen LogP contribution in [0.25, 0.3) is 0 Å². The molecule has 0 radical (unpaired) electrons. The fraction of sp³-hybridized carbons (Fsp3) is 0.750. The van der Waals surface area contributed by atoms with E-state index in [1.807, 2.05) is 12.0 Å². The Morgan fingerprint density at radius 3 is 2.42 bits per heavy atom. The minimum atomic E-state index is -1.68. The summed E-state index contributed by atoms with van der Waals surface area (Å²) in [6.45, 7) is 10.5. The summed E-state index contributed by atoms with van der Waals surface area (Å²) in [6, 6.07) is 3.24. The largest absolute Gasteiger partial charge is 0.413 e. The lowest BCUT2D eigenvalue weighted by Gasteiger charge is -2.33. The average Bonchev–Trinajstić information content (AvgIpc) is 2.44. The van der Waals surface area contributed by atoms with Gasteiger partial charge in [0.2, 0.25) is 0 Å². The molecule has 110 valence electrons. The maximum atomic E-state index is 10.4. The number of hydrogen-bond acceptors (Lipinski definition) is 2. The van der Waals surface area contributed by atoms with Gasteiger partial charge in [-0.3, -0.25) is 0 Å². The molecule has 0 saturated carbocycles. The van der Waals surface area contributed by atoms with Crippen molar-refractivity contribution in [3.63, 3.8) is 0 Å². The quantitative estimate of drug-likeness (QED) is 0.220. The first-order valence-electron chi connectivity index (χ1n) is 7.66. The first-order valence-corrected chi connectivity index (χ1v) is 10.2. The highest BCUT2D eigenvalue weighted by atomic mass is 28.4. The summed E-state index contributed by atoms with van der Waals surface area (Å²) < 4.78 is 6.48. The molecule has 2 nitrogen and oxygen atoms in total. The monoisotopic (exact) mass is 282 g/mol. The van der Waals surface area contributed by atoms with E-state index in [9.17, 15) is 4.79 Å². The van der Waals surface area contributed by atoms with Gasteiger partial charge in [0.1, 0.15) is 5.94 Å². The second-order valence-electron chi connectivity index (χ2n) is 5.18. The van der Waals surface area contributed by atoms with Crippen LogP contribution in [0.2, 0.25) is 18.1 Å². The van der Waals surface area contributed by atoms with Gasteiger partial charge in [-0.05, 0) is 24.6 Å². The normalized spacial score (nSPS) is 12.8. The van der Waals surface area contributed by atoms with Crippen LogP contribution in [0.3, 0.4) is 0 Å². The first kappa shape index (κ1) is 18.4. The Labute approximate surface area is 120 Å². The van der Waals surface area contributed by atoms with Crippen LogP contribution in [0.5, 0.6) is 0 Å². The zero-order chi connectivity index (χ0) is 14.6. The summed E-state index contributed by atoms with van der Waals surface area (Å²) >= 11 is 0. The third-order valence-electron chi connectivity index (χ3n) is 3.82. The minimum Gasteiger partial charge on any atom is -0.413 e. The molecular weight excluding hydrogens is 252 g/mol. The van der Waals surface area contributed by atoms with Gasteiger partial charge in [0.05, 0.1) is 0 Å². The standard InChI is InChI=1S/C16H30O2Si/c1-5-9-10-12-16(13-11-14-17)18-19(7-3,8-4)15-6-2/h6,11,16H,2,5,7-10,12-13,15H2,1,3-4H3. The van der Waals surface area contributed by atoms with E-state index in [0.29, 0.717) is 6.42 Å². The van der Waals surface area contributed by atoms with Gasteiger partial charge in [-0.15, -0.1) is 6.58 Å². The molecule has 0 amide bonds. The Morgan fingerprint density at radius 2 is 1.95 bits per heavy atom. The molecule has 0 aromatic rings. The van der Waals surface area contributed by atoms with E-state index < -0.39 is 8.32 Å². The van der Waals surface area contributed by atoms with Gasteiger partial charge >= 0.3 is 0 Å². The summed E-state index contributed by atoms with van der Waals surface area (Å²) in [5.41, 5.74) is 0. The van der Waals surface area contributed by atoms with Crippen LogP contribution >= 0.6 is 0 Å². The van der Waals surface area contributed by atoms with Crippen LogP contribution in [0.15, 0.2) is 18.7 Å². The highest BCUT2D eigenvalue weighted by Gasteiger charge is 2.32. The van der Waals surface area contributed by atoms with Gasteiger partial charge in [-0.25, -0.2) is 4.79 Å². The van der Waals surface area contributed by atoms with Crippen LogP contribution in [-0.4, -0.2) is 20.4 Å². The number of unbranched alkanes of at least 4 members (excludes halogenated alkanes) is 2. The molecule has 0 aromatic carbocycles. The number of carbonyl (C=O) groups excluding carboxylic acids is 1. The summed E-state index contributed by atoms with van der Waals surface area (Å²) in [5.74, 6) is 1.88. The van der Waals surface area contributed by atoms with Crippen molar-refractivity contribution >= 4 is 14.3 Å². The Morgan fingerprint density at radius 1 is 1.26 bits per heavy atom. The van der Waals surface area contributed by atoms with E-state index in [-0.39, 0.29) is 6.10 Å². The predicted molar refractivity (Wildman–Crippen MR) is 85.6 cm³/mol. The molecule has 0 aliphatic rings. The fourth-order valence-electron chi connectivity index (χ4n) is 2.40. The lowest BCUT2D eigenvalue weighted by Crippen LogP contribution is -2.40. The fourth-order valence-corrected chi connectivity index (χ4v) is 5.35. The molecule has 0 N–H and O–H groups in total. The Kier molecular flexibility index (Phi) is 10.8. The number of rotatable bonds is 12. The van der Waals surface area contributed by atoms with Gasteiger partial charge in [-0.2, -0.15) is 0 Å². The third kappa shape index (κ3) is 7.51. The molecule has 0 heterocycles. The second-order valence-corrected chi connectivity index (χ2v) is 9.60. The molecule has 19 heavy (non-hydrogen) atoms. The summed E-state index contributed by atoms with van der Waals surface area (Å²) in [4.78, 5) is 10.4. The van der Waals surface area contributed by atoms with E-state index in [0.717, 1.165) is 24.6 Å². The zero-order valence-electron chi connectivity index (χ0n) is 12.9. The molecule has 1 atom stereocenters. The number of hydrogen-bond donors (Lipinski definition) is 0. The van der Waals surface area contributed by atoms with Gasteiger partial charge in [0.15, 0.2) is 8.32 Å². The van der Waals surface area contributed by atoms with E-state index in [4.69, 9.17) is 4.43 Å². The Hall–Kier alpha value is -0.633. The molecule has 0 spiro atoms. The average molecular weight is 282 g/mol. The molecular formula is C16H30O2Si. The first-order chi connectivity index (χ1) is 9.17. The third-order valence-corrected chi connectivity index (χ3v) is 8.26. The topological polar surface area (TPSA) is 26.3 Å². The van der Waals surface area contributed by atoms with Crippen molar-refractivity contribution in [3.05, 3.63) is 18.7 Å². The summed E-state index contributed by atoms with van der Waals surface area (Å²) in [6.07, 6.45) is 9.16. The summed E-state index contributed by atoms with van der Waals surface area (Å²) in [5, 5.41) is 0. The van der Waals surface area contributed by atoms with Crippen molar-refractivity contribution in [2.75, 3.05) is 0 Å². The van der Waals surface area contributed by atoms with Gasteiger partial charge < -0.3 is 4.43 Å². The maximum absolute atomic E-state index is 10.4. The molecule has 0 fully saturated rings. The maximum Gasteiger partial charge on any atom is 0.196 e. The van der Waals surface area contributed by atoms with E-state index in [1.54, 1.807) is 6.08 Å². The summed E-state index contributed by atoms with van der Waals surface area (Å²) in [7, 11) is -1.68. The molecule has 0 bridgehead atoms. The predicted octanol–water partition coefficient (Wildman–Crippen LogP) is 4.90. The Balaban J connectivity index is 4.62. The molecule has 3 heteroatoms. The van der Waals surface area contributed by atoms with Crippen molar-refractivity contribution in [1.29, 1.82) is 0 Å². The van der Waals surface area contributed by atoms with Crippen molar-refractivity contribution < 1.29 is 9.22 Å². The van der Waals surface area contributed by atoms with Crippen LogP contribution in [0, 0.1) is 0 Å². The molecule has 0 rings (SSSR count). The van der Waals surface area contributed by atoms with Crippen molar-refractivity contribution in [2.45, 2.75) is 77.1 Å². The van der Waals surface area contributed by atoms with Gasteiger partial charge in [0.25, 0.3) is 0 Å². The molecule has 1 unspecified atom stereocenters. The van der Waals surface area contributed by atoms with Crippen molar-refractivity contribution in [1.82, 2.24) is 0 Å². The van der Waals surface area contributed by atoms with Crippen LogP contribution in [0.1, 0.15) is 52.9 Å². The van der Waals surface area contributed by atoms with Crippen LogP contribution < -0.4 is 0 Å². The minimum absolute atomic E-state index is 0.194. The Bertz CT molecular complexity index is 278. The number of allylic oxidation sites excluding steroid dienone is 1. The van der Waals surface area contributed by atoms with Crippen LogP contribution in [-0.2, 0) is 9.22 Å². The molecule has 0 aliphatic carbocycles. The lowest BCUT2D eigenvalue weighted by molar-refractivity contribution is 0.176. The lowest BCUT2D eigenvalue weighted by atomic mass is 10.1. The van der Waals surface area contributed by atoms with Crippen molar-refractivity contribution in [2.24, 2.45) is 0 Å². The van der Waals surface area contributed by atoms with E-state index in [1.165, 1.54) is 19.3 Å². The van der Waals surface area contributed by atoms with Gasteiger partial charge in [0, 0.05) is 18.6 Å². The van der Waals surface area contributed by atoms with Crippen LogP contribution in [0.4, 0.5) is 0 Å². The molecule has 0 aliphatic heterocycles. The highest BCUT2D eigenvalue weighted by Crippen LogP contribution is 2.27. The highest BCUT2D eigenvalue weighted by molar-refractivity contribution is 6.74. The van der Waals surface area contributed by atoms with E-state index >= 15 is 0 Å². The SMILES string of the molecule is C=CC[Si](CC)(CC)OC(CC=C=O)CCCCC. The van der Waals surface area contributed by atoms with E-state index in [2.05, 4.69) is 27.4 Å².